The van der Waals surface area contributed by atoms with Crippen molar-refractivity contribution in [1.29, 1.82) is 0 Å². The van der Waals surface area contributed by atoms with E-state index in [2.05, 4.69) is 30.6 Å². The Kier molecular flexibility index (Phi) is 9.12. The molecule has 0 atom stereocenters. The van der Waals surface area contributed by atoms with E-state index in [1.165, 1.54) is 6.07 Å². The van der Waals surface area contributed by atoms with Gasteiger partial charge in [-0.2, -0.15) is 0 Å². The molecular weight excluding hydrogens is 489 g/mol. The van der Waals surface area contributed by atoms with Crippen LogP contribution in [0.2, 0.25) is 0 Å². The zero-order valence-corrected chi connectivity index (χ0v) is 18.6. The van der Waals surface area contributed by atoms with E-state index in [0.717, 1.165) is 44.4 Å². The van der Waals surface area contributed by atoms with Gasteiger partial charge in [0.25, 0.3) is 5.69 Å². The first kappa shape index (κ1) is 22.9. The highest BCUT2D eigenvalue weighted by molar-refractivity contribution is 14.0. The Hall–Kier alpha value is -2.41. The first-order valence-corrected chi connectivity index (χ1v) is 9.22. The van der Waals surface area contributed by atoms with Crippen LogP contribution in [0.3, 0.4) is 0 Å². The van der Waals surface area contributed by atoms with Gasteiger partial charge in [-0.15, -0.1) is 24.0 Å². The van der Waals surface area contributed by atoms with Crippen molar-refractivity contribution in [3.8, 4) is 0 Å². The van der Waals surface area contributed by atoms with Crippen LogP contribution in [0.25, 0.3) is 0 Å². The Morgan fingerprint density at radius 3 is 2.66 bits per heavy atom. The first-order valence-electron chi connectivity index (χ1n) is 9.22. The molecule has 2 heterocycles. The second-order valence-electron chi connectivity index (χ2n) is 6.43. The molecule has 0 spiro atoms. The molecule has 0 bridgehead atoms. The van der Waals surface area contributed by atoms with E-state index in [4.69, 9.17) is 4.52 Å². The minimum absolute atomic E-state index is 0. The van der Waals surface area contributed by atoms with Crippen molar-refractivity contribution in [3.63, 3.8) is 0 Å². The average molecular weight is 515 g/mol. The molecule has 158 valence electrons. The quantitative estimate of drug-likeness (QED) is 0.144. The number of nitrogens with one attached hydrogen (secondary N) is 2. The molecular formula is C18H26IN7O3. The van der Waals surface area contributed by atoms with Crippen LogP contribution in [-0.2, 0) is 6.54 Å². The van der Waals surface area contributed by atoms with Crippen LogP contribution in [0.5, 0.6) is 0 Å². The number of anilines is 1. The Morgan fingerprint density at radius 1 is 1.24 bits per heavy atom. The lowest BCUT2D eigenvalue weighted by molar-refractivity contribution is -0.384. The van der Waals surface area contributed by atoms with Crippen molar-refractivity contribution in [1.82, 2.24) is 20.3 Å². The Labute approximate surface area is 186 Å². The molecule has 1 aliphatic rings. The van der Waals surface area contributed by atoms with Crippen molar-refractivity contribution < 1.29 is 9.45 Å². The highest BCUT2D eigenvalue weighted by atomic mass is 127. The zero-order chi connectivity index (χ0) is 19.8. The predicted octanol–water partition coefficient (Wildman–Crippen LogP) is 2.01. The number of piperazine rings is 1. The Bertz CT molecular complexity index is 793. The third kappa shape index (κ3) is 6.56. The zero-order valence-electron chi connectivity index (χ0n) is 16.3. The summed E-state index contributed by atoms with van der Waals surface area (Å²) < 4.78 is 4.88. The minimum atomic E-state index is -0.382. The Morgan fingerprint density at radius 2 is 2.00 bits per heavy atom. The second kappa shape index (κ2) is 11.6. The molecule has 0 aliphatic carbocycles. The lowest BCUT2D eigenvalue weighted by Crippen LogP contribution is -2.52. The number of nitrogens with zero attached hydrogens (tertiary/aromatic N) is 5. The highest BCUT2D eigenvalue weighted by Crippen LogP contribution is 2.22. The van der Waals surface area contributed by atoms with Gasteiger partial charge in [-0.05, 0) is 6.07 Å². The molecule has 11 heteroatoms. The van der Waals surface area contributed by atoms with Crippen molar-refractivity contribution in [3.05, 3.63) is 52.4 Å². The fourth-order valence-electron chi connectivity index (χ4n) is 3.15. The topological polar surface area (TPSA) is 112 Å². The summed E-state index contributed by atoms with van der Waals surface area (Å²) in [6.45, 7) is 5.53. The molecule has 1 fully saturated rings. The van der Waals surface area contributed by atoms with Crippen LogP contribution in [-0.4, -0.2) is 72.2 Å². The summed E-state index contributed by atoms with van der Waals surface area (Å²) in [4.78, 5) is 19.6. The summed E-state index contributed by atoms with van der Waals surface area (Å²) >= 11 is 0. The number of nitro groups is 1. The van der Waals surface area contributed by atoms with Gasteiger partial charge in [0.2, 0.25) is 0 Å². The van der Waals surface area contributed by atoms with Crippen LogP contribution in [0.15, 0.2) is 46.1 Å². The molecule has 2 N–H and O–H groups in total. The summed E-state index contributed by atoms with van der Waals surface area (Å²) in [5.41, 5.74) is 1.54. The largest absolute Gasteiger partial charge is 0.378 e. The maximum atomic E-state index is 11.1. The number of benzene rings is 1. The SMILES string of the molecule is CN=C(NCCNc1ccccc1[N+](=O)[O-])N1CCN(Cc2ccon2)CC1.I. The number of aliphatic imine (C=N–C) groups is 1. The van der Waals surface area contributed by atoms with Gasteiger partial charge in [-0.3, -0.25) is 20.0 Å². The molecule has 1 aromatic heterocycles. The van der Waals surface area contributed by atoms with Gasteiger partial charge in [0, 0.05) is 65.0 Å². The third-order valence-corrected chi connectivity index (χ3v) is 4.58. The van der Waals surface area contributed by atoms with E-state index >= 15 is 0 Å². The number of nitro benzene ring substituents is 1. The molecule has 29 heavy (non-hydrogen) atoms. The van der Waals surface area contributed by atoms with E-state index in [9.17, 15) is 10.1 Å². The number of rotatable bonds is 7. The van der Waals surface area contributed by atoms with Crippen LogP contribution in [0.4, 0.5) is 11.4 Å². The molecule has 0 saturated carbocycles. The number of guanidine groups is 1. The molecule has 2 aromatic rings. The van der Waals surface area contributed by atoms with Gasteiger partial charge in [-0.25, -0.2) is 0 Å². The van der Waals surface area contributed by atoms with Crippen molar-refractivity contribution in [2.24, 2.45) is 4.99 Å². The van der Waals surface area contributed by atoms with E-state index in [1.807, 2.05) is 6.07 Å². The van der Waals surface area contributed by atoms with Crippen molar-refractivity contribution in [2.45, 2.75) is 6.54 Å². The van der Waals surface area contributed by atoms with Crippen LogP contribution in [0, 0.1) is 10.1 Å². The maximum Gasteiger partial charge on any atom is 0.292 e. The van der Waals surface area contributed by atoms with Gasteiger partial charge in [0.15, 0.2) is 5.96 Å². The standard InChI is InChI=1S/C18H25N7O3.HI/c1-19-18(21-8-7-20-16-4-2-3-5-17(16)25(26)27)24-11-9-23(10-12-24)14-15-6-13-28-22-15;/h2-6,13,20H,7-12,14H2,1H3,(H,19,21);1H. The van der Waals surface area contributed by atoms with Crippen LogP contribution >= 0.6 is 24.0 Å². The number of hydrogen-bond acceptors (Lipinski definition) is 7. The van der Waals surface area contributed by atoms with Crippen LogP contribution < -0.4 is 10.6 Å². The van der Waals surface area contributed by atoms with E-state index in [0.29, 0.717) is 18.8 Å². The van der Waals surface area contributed by atoms with Crippen molar-refractivity contribution in [2.75, 3.05) is 51.6 Å². The summed E-state index contributed by atoms with van der Waals surface area (Å²) in [6.07, 6.45) is 1.59. The van der Waals surface area contributed by atoms with Gasteiger partial charge in [-0.1, -0.05) is 17.3 Å². The number of aromatic nitrogens is 1. The van der Waals surface area contributed by atoms with E-state index < -0.39 is 0 Å². The van der Waals surface area contributed by atoms with Gasteiger partial charge >= 0.3 is 0 Å². The monoisotopic (exact) mass is 515 g/mol. The summed E-state index contributed by atoms with van der Waals surface area (Å²) in [7, 11) is 1.76. The lowest BCUT2D eigenvalue weighted by Gasteiger charge is -2.36. The second-order valence-corrected chi connectivity index (χ2v) is 6.43. The first-order chi connectivity index (χ1) is 13.7. The van der Waals surface area contributed by atoms with Crippen LogP contribution in [0.1, 0.15) is 5.69 Å². The summed E-state index contributed by atoms with van der Waals surface area (Å²) in [6, 6.07) is 8.52. The fourth-order valence-corrected chi connectivity index (χ4v) is 3.15. The predicted molar refractivity (Wildman–Crippen MR) is 122 cm³/mol. The molecule has 1 aromatic carbocycles. The lowest BCUT2D eigenvalue weighted by atomic mass is 10.2. The number of halogens is 1. The minimum Gasteiger partial charge on any atom is -0.378 e. The third-order valence-electron chi connectivity index (χ3n) is 4.58. The molecule has 1 saturated heterocycles. The maximum absolute atomic E-state index is 11.1. The molecule has 3 rings (SSSR count). The summed E-state index contributed by atoms with van der Waals surface area (Å²) in [5, 5.41) is 21.4. The van der Waals surface area contributed by atoms with E-state index in [1.54, 1.807) is 31.5 Å². The molecule has 0 radical (unpaired) electrons. The molecule has 10 nitrogen and oxygen atoms in total. The summed E-state index contributed by atoms with van der Waals surface area (Å²) in [5.74, 6) is 0.838. The molecule has 1 aliphatic heterocycles. The van der Waals surface area contributed by atoms with Gasteiger partial charge < -0.3 is 20.1 Å². The van der Waals surface area contributed by atoms with Gasteiger partial charge in [0.1, 0.15) is 12.0 Å². The van der Waals surface area contributed by atoms with E-state index in [-0.39, 0.29) is 34.6 Å². The van der Waals surface area contributed by atoms with Crippen molar-refractivity contribution >= 4 is 41.3 Å². The van der Waals surface area contributed by atoms with Gasteiger partial charge in [0.05, 0.1) is 10.6 Å². The smallest absolute Gasteiger partial charge is 0.292 e. The normalized spacial score (nSPS) is 14.9. The fraction of sp³-hybridized carbons (Fsp3) is 0.444. The molecule has 0 amide bonds. The number of para-hydroxylation sites is 2. The average Bonchev–Trinajstić information content (AvgIpc) is 3.22. The number of hydrogen-bond donors (Lipinski definition) is 2. The Balaban J connectivity index is 0.00000300. The highest BCUT2D eigenvalue weighted by Gasteiger charge is 2.20. The molecule has 0 unspecified atom stereocenters.